The number of aromatic nitrogens is 2. The molecule has 0 saturated carbocycles. The van der Waals surface area contributed by atoms with Crippen LogP contribution in [-0.4, -0.2) is 36.1 Å². The Morgan fingerprint density at radius 1 is 1.05 bits per heavy atom. The maximum Gasteiger partial charge on any atom is 0.282 e. The summed E-state index contributed by atoms with van der Waals surface area (Å²) in [4.78, 5) is 20.8. The van der Waals surface area contributed by atoms with E-state index in [1.54, 1.807) is 19.4 Å². The average Bonchev–Trinajstić information content (AvgIpc) is 3.20. The van der Waals surface area contributed by atoms with Gasteiger partial charge in [0, 0.05) is 24.7 Å². The Balaban J connectivity index is 1.61. The molecule has 0 atom stereocenters. The molecule has 1 saturated heterocycles. The normalized spacial score (nSPS) is 14.6. The van der Waals surface area contributed by atoms with Crippen LogP contribution in [0.5, 0.6) is 5.75 Å². The predicted octanol–water partition coefficient (Wildman–Crippen LogP) is 6.36. The molecule has 192 valence electrons. The maximum atomic E-state index is 13.6. The molecular weight excluding hydrogens is 464 g/mol. The van der Waals surface area contributed by atoms with Crippen molar-refractivity contribution in [1.29, 1.82) is 0 Å². The van der Waals surface area contributed by atoms with E-state index in [1.165, 1.54) is 30.4 Å². The number of hydrogen-bond acceptors (Lipinski definition) is 6. The largest absolute Gasteiger partial charge is 0.496 e. The fourth-order valence-corrected chi connectivity index (χ4v) is 4.96. The van der Waals surface area contributed by atoms with E-state index in [-0.39, 0.29) is 11.5 Å². The van der Waals surface area contributed by atoms with Gasteiger partial charge < -0.3 is 14.1 Å². The van der Waals surface area contributed by atoms with Crippen LogP contribution in [0.3, 0.4) is 0 Å². The highest BCUT2D eigenvalue weighted by atomic mass is 16.5. The minimum Gasteiger partial charge on any atom is -0.496 e. The van der Waals surface area contributed by atoms with Crippen molar-refractivity contribution in [3.8, 4) is 17.1 Å². The van der Waals surface area contributed by atoms with E-state index in [2.05, 4.69) is 29.9 Å². The number of hydrogen-bond donors (Lipinski definition) is 0. The van der Waals surface area contributed by atoms with Gasteiger partial charge in [-0.15, -0.1) is 0 Å². The Morgan fingerprint density at radius 3 is 2.54 bits per heavy atom. The number of anilines is 1. The topological polar surface area (TPSA) is 72.9 Å². The summed E-state index contributed by atoms with van der Waals surface area (Å²) in [5.74, 6) is 2.99. The number of methoxy groups -OCH3 is 1. The lowest BCUT2D eigenvalue weighted by Gasteiger charge is -2.18. The standard InChI is InChI=1S/C30H34N4O3/c1-20(2)24-18-25(21(3)17-27(24)36-4)29-32-26-12-8-7-11-23(26)30(35)34(29)31-19-22-13-14-28(37-22)33-15-9-5-6-10-16-33/h7-8,11-14,17-20H,5-6,9-10,15-16H2,1-4H3. The average molecular weight is 499 g/mol. The third-order valence-corrected chi connectivity index (χ3v) is 7.02. The van der Waals surface area contributed by atoms with Crippen LogP contribution < -0.4 is 15.2 Å². The van der Waals surface area contributed by atoms with E-state index in [4.69, 9.17) is 14.1 Å². The van der Waals surface area contributed by atoms with E-state index in [9.17, 15) is 4.79 Å². The van der Waals surface area contributed by atoms with Crippen LogP contribution in [0.2, 0.25) is 0 Å². The van der Waals surface area contributed by atoms with E-state index in [1.807, 2.05) is 43.3 Å². The predicted molar refractivity (Wildman–Crippen MR) is 149 cm³/mol. The second-order valence-electron chi connectivity index (χ2n) is 9.96. The molecule has 7 heteroatoms. The van der Waals surface area contributed by atoms with Gasteiger partial charge in [-0.25, -0.2) is 4.98 Å². The van der Waals surface area contributed by atoms with Gasteiger partial charge in [0.15, 0.2) is 11.7 Å². The molecule has 1 aliphatic heterocycles. The molecule has 37 heavy (non-hydrogen) atoms. The molecule has 4 aromatic rings. The first-order valence-electron chi connectivity index (χ1n) is 13.1. The molecule has 0 spiro atoms. The van der Waals surface area contributed by atoms with Gasteiger partial charge >= 0.3 is 0 Å². The molecule has 7 nitrogen and oxygen atoms in total. The second-order valence-corrected chi connectivity index (χ2v) is 9.96. The van der Waals surface area contributed by atoms with Crippen molar-refractivity contribution in [3.63, 3.8) is 0 Å². The Bertz CT molecular complexity index is 1490. The molecule has 0 radical (unpaired) electrons. The lowest BCUT2D eigenvalue weighted by Crippen LogP contribution is -2.23. The fraction of sp³-hybridized carbons (Fsp3) is 0.367. The van der Waals surface area contributed by atoms with E-state index in [0.717, 1.165) is 41.4 Å². The summed E-state index contributed by atoms with van der Waals surface area (Å²) in [6, 6.07) is 15.3. The van der Waals surface area contributed by atoms with Crippen LogP contribution in [0, 0.1) is 6.92 Å². The Hall–Kier alpha value is -3.87. The third kappa shape index (κ3) is 5.03. The summed E-state index contributed by atoms with van der Waals surface area (Å²) in [5, 5.41) is 5.13. The minimum atomic E-state index is -0.225. The molecule has 5 rings (SSSR count). The van der Waals surface area contributed by atoms with Crippen molar-refractivity contribution in [1.82, 2.24) is 9.66 Å². The van der Waals surface area contributed by atoms with Gasteiger partial charge in [0.2, 0.25) is 0 Å². The van der Waals surface area contributed by atoms with E-state index < -0.39 is 0 Å². The highest BCUT2D eigenvalue weighted by molar-refractivity contribution is 5.81. The van der Waals surface area contributed by atoms with Gasteiger partial charge in [0.05, 0.1) is 24.2 Å². The highest BCUT2D eigenvalue weighted by Crippen LogP contribution is 2.34. The molecule has 1 aliphatic rings. The number of aryl methyl sites for hydroxylation is 1. The van der Waals surface area contributed by atoms with Crippen molar-refractivity contribution in [3.05, 3.63) is 75.8 Å². The number of para-hydroxylation sites is 1. The molecule has 0 amide bonds. The Kier molecular flexibility index (Phi) is 7.12. The number of nitrogens with zero attached hydrogens (tertiary/aromatic N) is 4. The first-order valence-corrected chi connectivity index (χ1v) is 13.1. The zero-order chi connectivity index (χ0) is 25.9. The van der Waals surface area contributed by atoms with Crippen LogP contribution in [0.4, 0.5) is 5.88 Å². The molecule has 0 aliphatic carbocycles. The van der Waals surface area contributed by atoms with Crippen LogP contribution in [-0.2, 0) is 0 Å². The number of ether oxygens (including phenoxy) is 1. The molecular formula is C30H34N4O3. The summed E-state index contributed by atoms with van der Waals surface area (Å²) in [7, 11) is 1.68. The summed E-state index contributed by atoms with van der Waals surface area (Å²) < 4.78 is 13.1. The van der Waals surface area contributed by atoms with Crippen molar-refractivity contribution in [2.45, 2.75) is 52.4 Å². The summed E-state index contributed by atoms with van der Waals surface area (Å²) >= 11 is 0. The van der Waals surface area contributed by atoms with E-state index in [0.29, 0.717) is 22.5 Å². The smallest absolute Gasteiger partial charge is 0.282 e. The van der Waals surface area contributed by atoms with Gasteiger partial charge in [-0.1, -0.05) is 38.8 Å². The molecule has 0 unspecified atom stereocenters. The zero-order valence-corrected chi connectivity index (χ0v) is 22.0. The first kappa shape index (κ1) is 24.8. The lowest BCUT2D eigenvalue weighted by atomic mass is 9.96. The van der Waals surface area contributed by atoms with Crippen molar-refractivity contribution >= 4 is 23.0 Å². The first-order chi connectivity index (χ1) is 18.0. The van der Waals surface area contributed by atoms with Crippen LogP contribution in [0.15, 0.2) is 62.8 Å². The number of fused-ring (bicyclic) bond motifs is 1. The van der Waals surface area contributed by atoms with Crippen LogP contribution in [0.1, 0.15) is 62.3 Å². The SMILES string of the molecule is COc1cc(C)c(-c2nc3ccccc3c(=O)n2N=Cc2ccc(N3CCCCCC3)o2)cc1C(C)C. The lowest BCUT2D eigenvalue weighted by molar-refractivity contribution is 0.407. The Morgan fingerprint density at radius 2 is 1.81 bits per heavy atom. The van der Waals surface area contributed by atoms with Gasteiger partial charge in [-0.3, -0.25) is 4.79 Å². The molecule has 1 fully saturated rings. The fourth-order valence-electron chi connectivity index (χ4n) is 4.96. The third-order valence-electron chi connectivity index (χ3n) is 7.02. The van der Waals surface area contributed by atoms with Gasteiger partial charge in [-0.2, -0.15) is 9.78 Å². The van der Waals surface area contributed by atoms with Gasteiger partial charge in [0.25, 0.3) is 5.56 Å². The van der Waals surface area contributed by atoms with Gasteiger partial charge in [-0.05, 0) is 67.1 Å². The minimum absolute atomic E-state index is 0.225. The highest BCUT2D eigenvalue weighted by Gasteiger charge is 2.19. The molecule has 3 heterocycles. The molecule has 0 N–H and O–H groups in total. The summed E-state index contributed by atoms with van der Waals surface area (Å²) in [5.41, 5.74) is 3.26. The number of rotatable bonds is 6. The second kappa shape index (κ2) is 10.6. The summed E-state index contributed by atoms with van der Waals surface area (Å²) in [6.07, 6.45) is 6.46. The van der Waals surface area contributed by atoms with Crippen molar-refractivity contribution in [2.75, 3.05) is 25.1 Å². The molecule has 2 aromatic carbocycles. The molecule has 2 aromatic heterocycles. The number of furan rings is 1. The monoisotopic (exact) mass is 498 g/mol. The maximum absolute atomic E-state index is 13.6. The zero-order valence-electron chi connectivity index (χ0n) is 22.0. The Labute approximate surface area is 217 Å². The van der Waals surface area contributed by atoms with Crippen molar-refractivity contribution < 1.29 is 9.15 Å². The van der Waals surface area contributed by atoms with Crippen LogP contribution in [0.25, 0.3) is 22.3 Å². The van der Waals surface area contributed by atoms with Gasteiger partial charge in [0.1, 0.15) is 11.5 Å². The quantitative estimate of drug-likeness (QED) is 0.289. The summed E-state index contributed by atoms with van der Waals surface area (Å²) in [6.45, 7) is 8.23. The number of benzene rings is 2. The van der Waals surface area contributed by atoms with E-state index >= 15 is 0 Å². The van der Waals surface area contributed by atoms with Crippen LogP contribution >= 0.6 is 0 Å². The van der Waals surface area contributed by atoms with Crippen molar-refractivity contribution in [2.24, 2.45) is 5.10 Å². The molecule has 0 bridgehead atoms.